The maximum absolute atomic E-state index is 13.6. The lowest BCUT2D eigenvalue weighted by atomic mass is 9.89. The summed E-state index contributed by atoms with van der Waals surface area (Å²) in [6.45, 7) is 2.40. The highest BCUT2D eigenvalue weighted by Crippen LogP contribution is 2.52. The van der Waals surface area contributed by atoms with Gasteiger partial charge in [0.05, 0.1) is 3.58 Å². The molecule has 0 aliphatic heterocycles. The molecule has 0 amide bonds. The van der Waals surface area contributed by atoms with E-state index in [1.54, 1.807) is 0 Å². The molecule has 110 valence electrons. The SMILES string of the molecule is CCC(C)/C(=C(\I)C#N)C(F)(F)C(F)(F)C(F)(F)F. The molecule has 1 atom stereocenters. The van der Waals surface area contributed by atoms with Crippen LogP contribution in [0.5, 0.6) is 0 Å². The maximum Gasteiger partial charge on any atom is 0.460 e. The van der Waals surface area contributed by atoms with Gasteiger partial charge in [0.25, 0.3) is 0 Å². The molecule has 0 spiro atoms. The Balaban J connectivity index is 6.06. The fourth-order valence-corrected chi connectivity index (χ4v) is 2.15. The summed E-state index contributed by atoms with van der Waals surface area (Å²) in [5, 5.41) is 8.51. The number of halogens is 8. The van der Waals surface area contributed by atoms with E-state index in [1.165, 1.54) is 13.0 Å². The Morgan fingerprint density at radius 1 is 1.16 bits per heavy atom. The third-order valence-corrected chi connectivity index (χ3v) is 3.35. The topological polar surface area (TPSA) is 23.8 Å². The van der Waals surface area contributed by atoms with Crippen molar-refractivity contribution in [3.63, 3.8) is 0 Å². The summed E-state index contributed by atoms with van der Waals surface area (Å²) in [5.41, 5.74) is -1.49. The average Bonchev–Trinajstić information content (AvgIpc) is 2.26. The van der Waals surface area contributed by atoms with Crippen molar-refractivity contribution in [3.05, 3.63) is 9.15 Å². The molecule has 0 radical (unpaired) electrons. The van der Waals surface area contributed by atoms with Crippen molar-refractivity contribution in [2.75, 3.05) is 0 Å². The third kappa shape index (κ3) is 3.32. The Bertz CT molecular complexity index is 405. The van der Waals surface area contributed by atoms with E-state index >= 15 is 0 Å². The van der Waals surface area contributed by atoms with E-state index in [2.05, 4.69) is 0 Å². The Labute approximate surface area is 118 Å². The van der Waals surface area contributed by atoms with Crippen LogP contribution in [0.1, 0.15) is 20.3 Å². The molecule has 0 bridgehead atoms. The van der Waals surface area contributed by atoms with Crippen LogP contribution in [0, 0.1) is 17.2 Å². The van der Waals surface area contributed by atoms with Crippen molar-refractivity contribution in [1.82, 2.24) is 0 Å². The monoisotopic (exact) mass is 403 g/mol. The first kappa shape index (κ1) is 18.5. The zero-order valence-corrected chi connectivity index (χ0v) is 11.9. The van der Waals surface area contributed by atoms with Crippen molar-refractivity contribution >= 4 is 22.6 Å². The Hall–Kier alpha value is -0.530. The van der Waals surface area contributed by atoms with Crippen LogP contribution >= 0.6 is 22.6 Å². The van der Waals surface area contributed by atoms with Gasteiger partial charge in [-0.05, 0) is 34.9 Å². The van der Waals surface area contributed by atoms with Crippen LogP contribution < -0.4 is 0 Å². The standard InChI is InChI=1S/C10H9F7IN/c1-3-5(2)7(6(18)4-19)8(11,12)9(13,14)10(15,16)17/h5H,3H2,1-2H3/b7-6+. The van der Waals surface area contributed by atoms with Crippen LogP contribution in [-0.2, 0) is 0 Å². The summed E-state index contributed by atoms with van der Waals surface area (Å²) in [7, 11) is 0. The molecule has 0 aliphatic carbocycles. The zero-order valence-electron chi connectivity index (χ0n) is 9.76. The third-order valence-electron chi connectivity index (χ3n) is 2.53. The first-order valence-corrected chi connectivity index (χ1v) is 6.05. The van der Waals surface area contributed by atoms with Gasteiger partial charge < -0.3 is 0 Å². The minimum Gasteiger partial charge on any atom is -0.194 e. The summed E-state index contributed by atoms with van der Waals surface area (Å²) in [5.74, 6) is -13.0. The molecule has 0 aromatic rings. The summed E-state index contributed by atoms with van der Waals surface area (Å²) in [4.78, 5) is 0. The van der Waals surface area contributed by atoms with Crippen molar-refractivity contribution in [3.8, 4) is 6.07 Å². The van der Waals surface area contributed by atoms with Crippen LogP contribution in [0.15, 0.2) is 9.15 Å². The molecule has 0 aliphatic rings. The number of nitriles is 1. The number of hydrogen-bond donors (Lipinski definition) is 0. The largest absolute Gasteiger partial charge is 0.460 e. The number of alkyl halides is 7. The highest BCUT2D eigenvalue weighted by molar-refractivity contribution is 14.1. The fraction of sp³-hybridized carbons (Fsp3) is 0.700. The fourth-order valence-electron chi connectivity index (χ4n) is 1.28. The second-order valence-corrected chi connectivity index (χ2v) is 4.87. The van der Waals surface area contributed by atoms with Crippen LogP contribution in [0.4, 0.5) is 30.7 Å². The molecule has 1 nitrogen and oxygen atoms in total. The number of nitrogens with zero attached hydrogens (tertiary/aromatic N) is 1. The van der Waals surface area contributed by atoms with E-state index in [0.29, 0.717) is 0 Å². The zero-order chi connectivity index (χ0) is 15.6. The molecule has 0 aromatic carbocycles. The molecule has 0 fully saturated rings. The van der Waals surface area contributed by atoms with Crippen LogP contribution in [-0.4, -0.2) is 18.0 Å². The Morgan fingerprint density at radius 3 is 1.84 bits per heavy atom. The normalized spacial score (nSPS) is 16.7. The smallest absolute Gasteiger partial charge is 0.194 e. The second kappa shape index (κ2) is 5.85. The first-order chi connectivity index (χ1) is 8.34. The van der Waals surface area contributed by atoms with Gasteiger partial charge in [-0.25, -0.2) is 0 Å². The van der Waals surface area contributed by atoms with Crippen molar-refractivity contribution in [1.29, 1.82) is 5.26 Å². The van der Waals surface area contributed by atoms with Gasteiger partial charge in [0, 0.05) is 5.57 Å². The average molecular weight is 403 g/mol. The summed E-state index contributed by atoms with van der Waals surface area (Å²) in [6.07, 6.45) is -6.51. The molecule has 0 saturated carbocycles. The summed E-state index contributed by atoms with van der Waals surface area (Å²) in [6, 6.07) is 1.20. The number of allylic oxidation sites excluding steroid dienone is 2. The van der Waals surface area contributed by atoms with Crippen molar-refractivity contribution in [2.24, 2.45) is 5.92 Å². The van der Waals surface area contributed by atoms with Gasteiger partial charge >= 0.3 is 18.0 Å². The molecule has 0 rings (SSSR count). The van der Waals surface area contributed by atoms with Crippen LogP contribution in [0.3, 0.4) is 0 Å². The van der Waals surface area contributed by atoms with Crippen LogP contribution in [0.25, 0.3) is 0 Å². The molecule has 0 heterocycles. The summed E-state index contributed by atoms with van der Waals surface area (Å²) >= 11 is 1.04. The lowest BCUT2D eigenvalue weighted by Crippen LogP contribution is -2.53. The van der Waals surface area contributed by atoms with E-state index in [9.17, 15) is 30.7 Å². The quantitative estimate of drug-likeness (QED) is 0.365. The van der Waals surface area contributed by atoms with E-state index < -0.39 is 33.1 Å². The van der Waals surface area contributed by atoms with Gasteiger partial charge in [-0.1, -0.05) is 13.8 Å². The molecular weight excluding hydrogens is 394 g/mol. The molecule has 9 heteroatoms. The Morgan fingerprint density at radius 2 is 1.58 bits per heavy atom. The maximum atomic E-state index is 13.6. The van der Waals surface area contributed by atoms with E-state index in [4.69, 9.17) is 5.26 Å². The molecule has 0 saturated heterocycles. The number of rotatable bonds is 4. The second-order valence-electron chi connectivity index (χ2n) is 3.80. The predicted octanol–water partition coefficient (Wildman–Crippen LogP) is 5.08. The molecule has 1 unspecified atom stereocenters. The van der Waals surface area contributed by atoms with Gasteiger partial charge in [-0.3, -0.25) is 0 Å². The number of hydrogen-bond acceptors (Lipinski definition) is 1. The molecule has 19 heavy (non-hydrogen) atoms. The lowest BCUT2D eigenvalue weighted by Gasteiger charge is -2.32. The van der Waals surface area contributed by atoms with Gasteiger partial charge in [0.15, 0.2) is 0 Å². The highest BCUT2D eigenvalue weighted by atomic mass is 127. The van der Waals surface area contributed by atoms with Gasteiger partial charge in [0.1, 0.15) is 6.07 Å². The van der Waals surface area contributed by atoms with Crippen LogP contribution in [0.2, 0.25) is 0 Å². The van der Waals surface area contributed by atoms with Gasteiger partial charge in [-0.2, -0.15) is 36.0 Å². The minimum atomic E-state index is -6.40. The minimum absolute atomic E-state index is 0.104. The van der Waals surface area contributed by atoms with Crippen molar-refractivity contribution < 1.29 is 30.7 Å². The Kier molecular flexibility index (Phi) is 5.68. The van der Waals surface area contributed by atoms with E-state index in [0.717, 1.165) is 29.5 Å². The predicted molar refractivity (Wildman–Crippen MR) is 62.1 cm³/mol. The van der Waals surface area contributed by atoms with Crippen molar-refractivity contribution in [2.45, 2.75) is 38.3 Å². The first-order valence-electron chi connectivity index (χ1n) is 4.97. The van der Waals surface area contributed by atoms with E-state index in [-0.39, 0.29) is 6.42 Å². The molecular formula is C10H9F7IN. The molecule has 0 N–H and O–H groups in total. The lowest BCUT2D eigenvalue weighted by molar-refractivity contribution is -0.345. The van der Waals surface area contributed by atoms with E-state index in [1.807, 2.05) is 0 Å². The highest BCUT2D eigenvalue weighted by Gasteiger charge is 2.74. The van der Waals surface area contributed by atoms with Gasteiger partial charge in [0.2, 0.25) is 0 Å². The van der Waals surface area contributed by atoms with Gasteiger partial charge in [-0.15, -0.1) is 0 Å². The summed E-state index contributed by atoms with van der Waals surface area (Å²) < 4.78 is 88.4. The molecule has 0 aromatic heterocycles.